The monoisotopic (exact) mass is 552 g/mol. The summed E-state index contributed by atoms with van der Waals surface area (Å²) in [5, 5.41) is 7.71. The van der Waals surface area contributed by atoms with Gasteiger partial charge in [0.25, 0.3) is 10.0 Å². The van der Waals surface area contributed by atoms with E-state index in [4.69, 9.17) is 0 Å². The van der Waals surface area contributed by atoms with E-state index in [1.54, 1.807) is 36.4 Å². The van der Waals surface area contributed by atoms with Crippen molar-refractivity contribution < 1.29 is 13.2 Å². The zero-order chi connectivity index (χ0) is 26.6. The minimum absolute atomic E-state index is 0.0893. The third-order valence-corrected chi connectivity index (χ3v) is 9.79. The molecule has 0 atom stereocenters. The number of carbonyl (C=O) groups excluding carboxylic acids is 1. The number of thioether (sulfide) groups is 2. The molecule has 192 valence electrons. The quantitative estimate of drug-likeness (QED) is 0.204. The van der Waals surface area contributed by atoms with Gasteiger partial charge in [-0.05, 0) is 50.1 Å². The van der Waals surface area contributed by atoms with Gasteiger partial charge >= 0.3 is 0 Å². The molecule has 0 bridgehead atoms. The van der Waals surface area contributed by atoms with E-state index in [0.29, 0.717) is 17.0 Å². The number of nitrogens with zero attached hydrogens (tertiary/aromatic N) is 3. The molecule has 0 aliphatic rings. The number of rotatable bonds is 10. The van der Waals surface area contributed by atoms with E-state index in [1.807, 2.05) is 62.8 Å². The Morgan fingerprint density at radius 1 is 0.892 bits per heavy atom. The van der Waals surface area contributed by atoms with Crippen LogP contribution in [0.25, 0.3) is 0 Å². The van der Waals surface area contributed by atoms with Gasteiger partial charge in [-0.2, -0.15) is 13.4 Å². The lowest BCUT2D eigenvalue weighted by Crippen LogP contribution is -2.23. The van der Waals surface area contributed by atoms with Gasteiger partial charge in [0.15, 0.2) is 11.6 Å². The predicted octanol–water partition coefficient (Wildman–Crippen LogP) is 5.49. The van der Waals surface area contributed by atoms with Crippen LogP contribution in [0.4, 0.5) is 5.95 Å². The van der Waals surface area contributed by atoms with Crippen LogP contribution in [0.2, 0.25) is 0 Å². The SMILES string of the molecule is CSC(Nc1nc(C(C)(C)c2cccc(C(=O)c3ccccc3)c2)nn1S(=O)(=O)c1ccccc1)SC. The Morgan fingerprint density at radius 3 is 2.11 bits per heavy atom. The standard InChI is InChI=1S/C27H28N4O3S3/c1-27(2,21-15-11-14-20(18-21)23(32)19-12-7-5-8-13-19)24-28-25(29-26(35-3)36-4)31(30-24)37(33,34)22-16-9-6-10-17-22/h5-18,26H,1-4H3,(H,28,29,30). The number of anilines is 1. The molecule has 0 aliphatic heterocycles. The summed E-state index contributed by atoms with van der Waals surface area (Å²) in [6.45, 7) is 3.83. The van der Waals surface area contributed by atoms with Crippen LogP contribution in [0.15, 0.2) is 89.8 Å². The van der Waals surface area contributed by atoms with Gasteiger partial charge in [-0.15, -0.1) is 32.7 Å². The molecule has 0 spiro atoms. The highest BCUT2D eigenvalue weighted by molar-refractivity contribution is 8.16. The molecule has 0 fully saturated rings. The molecule has 1 N–H and O–H groups in total. The third kappa shape index (κ3) is 5.61. The Labute approximate surface area is 226 Å². The van der Waals surface area contributed by atoms with Crippen molar-refractivity contribution in [2.45, 2.75) is 28.9 Å². The van der Waals surface area contributed by atoms with E-state index in [1.165, 1.54) is 35.7 Å². The van der Waals surface area contributed by atoms with E-state index in [9.17, 15) is 13.2 Å². The lowest BCUT2D eigenvalue weighted by molar-refractivity contribution is 0.103. The minimum atomic E-state index is -4.00. The van der Waals surface area contributed by atoms with Gasteiger partial charge in [0.1, 0.15) is 4.71 Å². The number of benzene rings is 3. The van der Waals surface area contributed by atoms with Gasteiger partial charge in [-0.25, -0.2) is 0 Å². The number of nitrogens with one attached hydrogen (secondary N) is 1. The van der Waals surface area contributed by atoms with E-state index in [2.05, 4.69) is 15.4 Å². The summed E-state index contributed by atoms with van der Waals surface area (Å²) >= 11 is 3.07. The summed E-state index contributed by atoms with van der Waals surface area (Å²) in [6, 6.07) is 24.6. The molecular formula is C27H28N4O3S3. The summed E-state index contributed by atoms with van der Waals surface area (Å²) in [7, 11) is -4.00. The van der Waals surface area contributed by atoms with Crippen molar-refractivity contribution in [1.29, 1.82) is 0 Å². The van der Waals surface area contributed by atoms with E-state index in [-0.39, 0.29) is 21.3 Å². The average Bonchev–Trinajstić information content (AvgIpc) is 3.38. The van der Waals surface area contributed by atoms with Crippen molar-refractivity contribution in [1.82, 2.24) is 14.2 Å². The summed E-state index contributed by atoms with van der Waals surface area (Å²) in [4.78, 5) is 17.9. The largest absolute Gasteiger partial charge is 0.333 e. The zero-order valence-corrected chi connectivity index (χ0v) is 23.4. The van der Waals surface area contributed by atoms with E-state index < -0.39 is 15.4 Å². The molecule has 3 aromatic carbocycles. The fourth-order valence-electron chi connectivity index (χ4n) is 3.76. The molecule has 37 heavy (non-hydrogen) atoms. The Balaban J connectivity index is 1.79. The fourth-order valence-corrected chi connectivity index (χ4v) is 6.19. The highest BCUT2D eigenvalue weighted by Gasteiger charge is 2.33. The maximum Gasteiger partial charge on any atom is 0.286 e. The molecule has 0 aliphatic carbocycles. The van der Waals surface area contributed by atoms with Crippen LogP contribution in [0.3, 0.4) is 0 Å². The molecule has 7 nitrogen and oxygen atoms in total. The maximum atomic E-state index is 13.6. The van der Waals surface area contributed by atoms with Gasteiger partial charge in [0.2, 0.25) is 5.95 Å². The van der Waals surface area contributed by atoms with E-state index >= 15 is 0 Å². The van der Waals surface area contributed by atoms with Crippen molar-refractivity contribution in [3.8, 4) is 0 Å². The number of aromatic nitrogens is 3. The molecule has 0 saturated carbocycles. The first-order chi connectivity index (χ1) is 17.7. The summed E-state index contributed by atoms with van der Waals surface area (Å²) in [5.74, 6) is 0.366. The van der Waals surface area contributed by atoms with Crippen molar-refractivity contribution in [3.63, 3.8) is 0 Å². The van der Waals surface area contributed by atoms with Crippen LogP contribution in [0.5, 0.6) is 0 Å². The molecule has 4 aromatic rings. The second-order valence-electron chi connectivity index (χ2n) is 8.77. The van der Waals surface area contributed by atoms with Crippen LogP contribution in [-0.2, 0) is 15.4 Å². The van der Waals surface area contributed by atoms with Crippen molar-refractivity contribution >= 4 is 45.3 Å². The highest BCUT2D eigenvalue weighted by atomic mass is 32.2. The molecule has 0 saturated heterocycles. The van der Waals surface area contributed by atoms with Gasteiger partial charge in [0.05, 0.1) is 10.3 Å². The molecule has 0 unspecified atom stereocenters. The number of hydrogen-bond donors (Lipinski definition) is 1. The lowest BCUT2D eigenvalue weighted by atomic mass is 9.82. The first kappa shape index (κ1) is 27.0. The second kappa shape index (κ2) is 11.1. The van der Waals surface area contributed by atoms with Crippen molar-refractivity contribution in [3.05, 3.63) is 107 Å². The fraction of sp³-hybridized carbons (Fsp3) is 0.222. The summed E-state index contributed by atoms with van der Waals surface area (Å²) in [6.07, 6.45) is 3.86. The summed E-state index contributed by atoms with van der Waals surface area (Å²) < 4.78 is 27.9. The zero-order valence-electron chi connectivity index (χ0n) is 21.0. The number of ketones is 1. The van der Waals surface area contributed by atoms with Crippen LogP contribution in [-0.4, -0.2) is 45.6 Å². The van der Waals surface area contributed by atoms with Crippen LogP contribution < -0.4 is 5.32 Å². The first-order valence-corrected chi connectivity index (χ1v) is 15.5. The molecule has 10 heteroatoms. The van der Waals surface area contributed by atoms with Crippen LogP contribution in [0.1, 0.15) is 41.2 Å². The molecule has 0 radical (unpaired) electrons. The Morgan fingerprint density at radius 2 is 1.49 bits per heavy atom. The summed E-state index contributed by atoms with van der Waals surface area (Å²) in [5.41, 5.74) is 1.13. The Hall–Kier alpha value is -3.08. The number of hydrogen-bond acceptors (Lipinski definition) is 8. The smallest absolute Gasteiger partial charge is 0.286 e. The van der Waals surface area contributed by atoms with Crippen molar-refractivity contribution in [2.75, 3.05) is 17.8 Å². The molecule has 0 amide bonds. The van der Waals surface area contributed by atoms with Gasteiger partial charge < -0.3 is 5.32 Å². The molecule has 4 rings (SSSR count). The van der Waals surface area contributed by atoms with Crippen LogP contribution >= 0.6 is 23.5 Å². The van der Waals surface area contributed by atoms with Gasteiger partial charge in [0, 0.05) is 11.1 Å². The van der Waals surface area contributed by atoms with Crippen LogP contribution in [0, 0.1) is 0 Å². The van der Waals surface area contributed by atoms with Gasteiger partial charge in [-0.1, -0.05) is 66.7 Å². The second-order valence-corrected chi connectivity index (χ2v) is 12.7. The highest BCUT2D eigenvalue weighted by Crippen LogP contribution is 2.33. The Kier molecular flexibility index (Phi) is 8.11. The topological polar surface area (TPSA) is 93.9 Å². The van der Waals surface area contributed by atoms with Crippen molar-refractivity contribution in [2.24, 2.45) is 0 Å². The van der Waals surface area contributed by atoms with E-state index in [0.717, 1.165) is 9.65 Å². The first-order valence-electron chi connectivity index (χ1n) is 11.5. The predicted molar refractivity (Wildman–Crippen MR) is 152 cm³/mol. The number of carbonyl (C=O) groups is 1. The molecular weight excluding hydrogens is 525 g/mol. The third-order valence-electron chi connectivity index (χ3n) is 5.96. The molecule has 1 aromatic heterocycles. The Bertz CT molecular complexity index is 1480. The molecule has 1 heterocycles. The lowest BCUT2D eigenvalue weighted by Gasteiger charge is -2.22. The van der Waals surface area contributed by atoms with Gasteiger partial charge in [-0.3, -0.25) is 4.79 Å². The average molecular weight is 553 g/mol. The maximum absolute atomic E-state index is 13.6. The normalized spacial score (nSPS) is 12.0. The minimum Gasteiger partial charge on any atom is -0.333 e.